The van der Waals surface area contributed by atoms with Crippen LogP contribution < -0.4 is 0 Å². The molecule has 0 amide bonds. The van der Waals surface area contributed by atoms with Crippen molar-refractivity contribution in [3.63, 3.8) is 0 Å². The van der Waals surface area contributed by atoms with Crippen LogP contribution in [-0.4, -0.2) is 73.2 Å². The zero-order chi connectivity index (χ0) is 28.3. The van der Waals surface area contributed by atoms with E-state index in [4.69, 9.17) is 0 Å². The Morgan fingerprint density at radius 3 is 1.80 bits per heavy atom. The molecule has 0 saturated heterocycles. The zero-order valence-electron chi connectivity index (χ0n) is 16.9. The van der Waals surface area contributed by atoms with Gasteiger partial charge in [-0.3, -0.25) is 4.79 Å². The van der Waals surface area contributed by atoms with Crippen LogP contribution >= 0.6 is 0 Å². The number of rotatable bonds is 12. The fourth-order valence-corrected chi connectivity index (χ4v) is 2.26. The first kappa shape index (κ1) is 32.5. The molecule has 0 saturated carbocycles. The van der Waals surface area contributed by atoms with E-state index in [2.05, 4.69) is 20.8 Å². The van der Waals surface area contributed by atoms with Gasteiger partial charge in [-0.25, -0.2) is 18.0 Å². The lowest BCUT2D eigenvalue weighted by molar-refractivity contribution is -0.355. The summed E-state index contributed by atoms with van der Waals surface area (Å²) in [5.74, 6) is -17.8. The molecule has 35 heavy (non-hydrogen) atoms. The van der Waals surface area contributed by atoms with Crippen LogP contribution in [0.15, 0.2) is 12.2 Å². The van der Waals surface area contributed by atoms with Gasteiger partial charge in [-0.15, -0.1) is 0 Å². The largest absolute Gasteiger partial charge is 0.743 e. The third kappa shape index (κ3) is 7.75. The summed E-state index contributed by atoms with van der Waals surface area (Å²) < 4.78 is 173. The third-order valence-electron chi connectivity index (χ3n) is 3.55. The molecule has 9 nitrogen and oxygen atoms in total. The Balaban J connectivity index is 6.05. The predicted molar refractivity (Wildman–Crippen MR) is 86.5 cm³/mol. The molecule has 0 fully saturated rings. The number of ketones is 1. The Bertz CT molecular complexity index is 940. The molecule has 20 heteroatoms. The fraction of sp³-hybridized carbons (Fsp3) is 0.667. The molecule has 0 rings (SSSR count). The number of carbonyl (C=O) groups is 3. The first-order chi connectivity index (χ1) is 15.3. The van der Waals surface area contributed by atoms with E-state index in [1.54, 1.807) is 0 Å². The van der Waals surface area contributed by atoms with Crippen LogP contribution in [0.1, 0.15) is 19.8 Å². The highest BCUT2D eigenvalue weighted by Crippen LogP contribution is 2.42. The number of hydrogen-bond donors (Lipinski definition) is 0. The van der Waals surface area contributed by atoms with Crippen LogP contribution in [0.25, 0.3) is 0 Å². The molecular weight excluding hydrogens is 546 g/mol. The van der Waals surface area contributed by atoms with Gasteiger partial charge in [-0.1, -0.05) is 6.58 Å². The summed E-state index contributed by atoms with van der Waals surface area (Å²) >= 11 is 0. The van der Waals surface area contributed by atoms with Crippen LogP contribution in [0.5, 0.6) is 0 Å². The number of halogens is 10. The van der Waals surface area contributed by atoms with E-state index in [1.165, 1.54) is 0 Å². The molecule has 0 spiro atoms. The van der Waals surface area contributed by atoms with Gasteiger partial charge in [0.1, 0.15) is 12.2 Å². The number of hydrogen-bond acceptors (Lipinski definition) is 9. The van der Waals surface area contributed by atoms with E-state index in [9.17, 15) is 71.3 Å². The van der Waals surface area contributed by atoms with E-state index in [0.29, 0.717) is 6.92 Å². The molecule has 0 aliphatic rings. The number of esters is 2. The number of Topliss-reactive ketones (excluding diaryl/α,β-unsaturated/α-hetero) is 1. The maximum atomic E-state index is 13.6. The molecule has 1 unspecified atom stereocenters. The normalized spacial score (nSPS) is 15.2. The van der Waals surface area contributed by atoms with Gasteiger partial charge in [0, 0.05) is 6.42 Å². The SMILES string of the molecule is C=C(C(=O)OC(OCCCC(F)(F)C(F)(F)S(=O)(=O)[O-])(C(=O)OCC(C)=O)C(F)(F)F)C(F)(F)F. The molecule has 0 bridgehead atoms. The molecular formula is C15H13F10O9S-. The van der Waals surface area contributed by atoms with Crippen molar-refractivity contribution in [3.05, 3.63) is 12.2 Å². The molecule has 0 aromatic heterocycles. The molecule has 1 atom stereocenters. The van der Waals surface area contributed by atoms with Gasteiger partial charge in [0.05, 0.1) is 6.61 Å². The van der Waals surface area contributed by atoms with E-state index in [1.807, 2.05) is 0 Å². The standard InChI is InChI=1S/C15H14F10O9S/c1-7(26)6-32-10(28)12(14(21,22)23,34-9(27)8(2)13(18,19)20)33-5-3-4-11(16,17)15(24,25)35(29,30)31/h2-6H2,1H3,(H,29,30,31)/p-1. The van der Waals surface area contributed by atoms with Gasteiger partial charge in [-0.2, -0.15) is 43.9 Å². The smallest absolute Gasteiger partial charge is 0.468 e. The minimum Gasteiger partial charge on any atom is -0.743 e. The molecule has 0 aliphatic heterocycles. The minimum absolute atomic E-state index is 0.660. The quantitative estimate of drug-likeness (QED) is 0.0883. The summed E-state index contributed by atoms with van der Waals surface area (Å²) in [4.78, 5) is 34.3. The maximum absolute atomic E-state index is 13.6. The van der Waals surface area contributed by atoms with Crippen LogP contribution in [-0.2, 0) is 38.7 Å². The number of ether oxygens (including phenoxy) is 3. The van der Waals surface area contributed by atoms with Crippen LogP contribution in [0, 0.1) is 0 Å². The summed E-state index contributed by atoms with van der Waals surface area (Å²) in [6.07, 6.45) is -16.1. The Morgan fingerprint density at radius 2 is 1.43 bits per heavy atom. The Labute approximate surface area is 188 Å². The minimum atomic E-state index is -6.96. The monoisotopic (exact) mass is 559 g/mol. The van der Waals surface area contributed by atoms with Crippen molar-refractivity contribution >= 4 is 27.8 Å². The summed E-state index contributed by atoms with van der Waals surface area (Å²) in [6.45, 7) is -0.642. The average Bonchev–Trinajstić information content (AvgIpc) is 2.64. The highest BCUT2D eigenvalue weighted by Gasteiger charge is 2.68. The van der Waals surface area contributed by atoms with Crippen LogP contribution in [0.2, 0.25) is 0 Å². The van der Waals surface area contributed by atoms with Crippen molar-refractivity contribution in [2.75, 3.05) is 13.2 Å². The molecule has 0 heterocycles. The van der Waals surface area contributed by atoms with E-state index >= 15 is 0 Å². The van der Waals surface area contributed by atoms with Gasteiger partial charge in [0.25, 0.3) is 0 Å². The number of carbonyl (C=O) groups excluding carboxylic acids is 3. The van der Waals surface area contributed by atoms with Crippen molar-refractivity contribution in [2.24, 2.45) is 0 Å². The molecule has 0 aromatic rings. The number of alkyl halides is 10. The van der Waals surface area contributed by atoms with Gasteiger partial charge in [-0.05, 0) is 13.3 Å². The van der Waals surface area contributed by atoms with Crippen LogP contribution in [0.3, 0.4) is 0 Å². The van der Waals surface area contributed by atoms with Crippen molar-refractivity contribution in [1.82, 2.24) is 0 Å². The lowest BCUT2D eigenvalue weighted by Gasteiger charge is -2.33. The van der Waals surface area contributed by atoms with Crippen LogP contribution in [0.4, 0.5) is 43.9 Å². The van der Waals surface area contributed by atoms with Gasteiger partial charge >= 0.3 is 41.3 Å². The van der Waals surface area contributed by atoms with Crippen molar-refractivity contribution < 1.29 is 85.5 Å². The maximum Gasteiger partial charge on any atom is 0.468 e. The average molecular weight is 559 g/mol. The predicted octanol–water partition coefficient (Wildman–Crippen LogP) is 2.61. The molecule has 0 aromatic carbocycles. The third-order valence-corrected chi connectivity index (χ3v) is 4.48. The first-order valence-electron chi connectivity index (χ1n) is 8.41. The zero-order valence-corrected chi connectivity index (χ0v) is 17.7. The second-order valence-electron chi connectivity index (χ2n) is 6.39. The molecule has 0 N–H and O–H groups in total. The van der Waals surface area contributed by atoms with Gasteiger partial charge in [0.2, 0.25) is 0 Å². The molecule has 204 valence electrons. The Morgan fingerprint density at radius 1 is 0.943 bits per heavy atom. The first-order valence-corrected chi connectivity index (χ1v) is 9.82. The summed E-state index contributed by atoms with van der Waals surface area (Å²) in [5.41, 5.74) is -2.61. The van der Waals surface area contributed by atoms with E-state index < -0.39 is 88.8 Å². The van der Waals surface area contributed by atoms with Crippen molar-refractivity contribution in [2.45, 2.75) is 49.1 Å². The van der Waals surface area contributed by atoms with Crippen molar-refractivity contribution in [1.29, 1.82) is 0 Å². The molecule has 0 aliphatic carbocycles. The van der Waals surface area contributed by atoms with E-state index in [0.717, 1.165) is 0 Å². The van der Waals surface area contributed by atoms with Gasteiger partial charge < -0.3 is 18.8 Å². The topological polar surface area (TPSA) is 136 Å². The fourth-order valence-electron chi connectivity index (χ4n) is 1.79. The second-order valence-corrected chi connectivity index (χ2v) is 7.81. The highest BCUT2D eigenvalue weighted by atomic mass is 32.2. The summed E-state index contributed by atoms with van der Waals surface area (Å²) in [5, 5.41) is -6.24. The molecule has 0 radical (unpaired) electrons. The Kier molecular flexibility index (Phi) is 9.89. The second kappa shape index (κ2) is 10.6. The summed E-state index contributed by atoms with van der Waals surface area (Å²) in [7, 11) is -6.96. The highest BCUT2D eigenvalue weighted by molar-refractivity contribution is 7.86. The van der Waals surface area contributed by atoms with E-state index in [-0.39, 0.29) is 0 Å². The lowest BCUT2D eigenvalue weighted by Crippen LogP contribution is -2.59. The van der Waals surface area contributed by atoms with Crippen molar-refractivity contribution in [3.8, 4) is 0 Å². The van der Waals surface area contributed by atoms with Gasteiger partial charge in [0.15, 0.2) is 15.9 Å². The lowest BCUT2D eigenvalue weighted by atomic mass is 10.2. The Hall–Kier alpha value is -2.48. The summed E-state index contributed by atoms with van der Waals surface area (Å²) in [6, 6.07) is 0.